The SMILES string of the molecule is CCOC(=O)c1nsc(Nc2nccn3c(-c4cnn(C)c4)cnc23)c1Cl.CNC1CCN(c2ccc(Nc3nccn4c(-c5cnn(C)c5)cnc34)cn2)CC1.Cc1cc(Nc2nccn3c(-c4cnn(C)c4)cnc23)ccn1.Cn1cc(-c2cnc3c(NC4Cc5ccc(N)cc5C4)nccn23)cn1.Cn1cc(-c2cnc3c(Nc4ccc(N5CC[C@H](N)C5)nc4)nccn23)cn1. The molecule has 2 saturated heterocycles. The number of piperidine rings is 1. The Bertz CT molecular complexity index is 7530. The number of aromatic nitrogens is 29. The summed E-state index contributed by atoms with van der Waals surface area (Å²) in [5, 5.41) is 41.9. The number of anilines is 12. The Balaban J connectivity index is 0.000000108. The lowest BCUT2D eigenvalue weighted by Gasteiger charge is -2.32. The first-order chi connectivity index (χ1) is 65.3. The third-order valence-electron chi connectivity index (χ3n) is 22.9. The molecule has 10 N–H and O–H groups in total. The first-order valence-electron chi connectivity index (χ1n) is 43.2. The predicted octanol–water partition coefficient (Wildman–Crippen LogP) is 12.3. The van der Waals surface area contributed by atoms with Crippen LogP contribution in [0.1, 0.15) is 53.5 Å². The number of carbonyl (C=O) groups excluding carboxylic acids is 1. The number of hydrogen-bond donors (Lipinski definition) is 8. The third kappa shape index (κ3) is 18.9. The largest absolute Gasteiger partial charge is 0.461 e. The fraction of sp³-hybridized carbons (Fsp3) is 0.231. The van der Waals surface area contributed by atoms with Gasteiger partial charge in [0.2, 0.25) is 0 Å². The molecule has 1 unspecified atom stereocenters. The molecule has 134 heavy (non-hydrogen) atoms. The number of nitrogens with one attached hydrogen (secondary N) is 6. The van der Waals surface area contributed by atoms with Gasteiger partial charge in [-0.15, -0.1) is 0 Å². The summed E-state index contributed by atoms with van der Waals surface area (Å²) in [6.07, 6.45) is 56.8. The molecular weight excluding hydrogens is 1740 g/mol. The molecule has 1 aliphatic carbocycles. The van der Waals surface area contributed by atoms with Gasteiger partial charge in [0.1, 0.15) is 21.7 Å². The summed E-state index contributed by atoms with van der Waals surface area (Å²) in [5.74, 6) is 4.77. The maximum Gasteiger partial charge on any atom is 0.359 e. The van der Waals surface area contributed by atoms with Crippen LogP contribution in [0.4, 0.5) is 68.5 Å². The normalized spacial score (nSPS) is 14.1. The van der Waals surface area contributed by atoms with Gasteiger partial charge < -0.3 is 57.9 Å². The van der Waals surface area contributed by atoms with Crippen molar-refractivity contribution in [1.29, 1.82) is 0 Å². The maximum absolute atomic E-state index is 11.9. The number of pyridine rings is 3. The molecule has 678 valence electrons. The Hall–Kier alpha value is -16.5. The van der Waals surface area contributed by atoms with E-state index in [1.807, 2.05) is 232 Å². The number of rotatable bonds is 20. The summed E-state index contributed by atoms with van der Waals surface area (Å²) in [7, 11) is 11.5. The van der Waals surface area contributed by atoms with Crippen molar-refractivity contribution < 1.29 is 9.53 Å². The van der Waals surface area contributed by atoms with E-state index in [1.54, 1.807) is 79.9 Å². The molecule has 0 saturated carbocycles. The summed E-state index contributed by atoms with van der Waals surface area (Å²) in [6, 6.07) is 19.3. The second-order valence-corrected chi connectivity index (χ2v) is 33.4. The van der Waals surface area contributed by atoms with Crippen LogP contribution < -0.4 is 53.2 Å². The van der Waals surface area contributed by atoms with Gasteiger partial charge in [-0.2, -0.15) is 29.9 Å². The highest BCUT2D eigenvalue weighted by Crippen LogP contribution is 2.37. The molecule has 21 heterocycles. The van der Waals surface area contributed by atoms with Gasteiger partial charge in [0.15, 0.2) is 63.0 Å². The third-order valence-corrected chi connectivity index (χ3v) is 24.2. The number of nitrogen functional groups attached to an aromatic ring is 1. The second kappa shape index (κ2) is 38.3. The van der Waals surface area contributed by atoms with Gasteiger partial charge in [-0.1, -0.05) is 17.7 Å². The Morgan fingerprint density at radius 1 is 0.448 bits per heavy atom. The molecule has 0 bridgehead atoms. The number of carbonyl (C=O) groups is 1. The van der Waals surface area contributed by atoms with Crippen molar-refractivity contribution in [2.45, 2.75) is 64.1 Å². The van der Waals surface area contributed by atoms with Crippen molar-refractivity contribution in [1.82, 2.24) is 145 Å². The predicted molar refractivity (Wildman–Crippen MR) is 514 cm³/mol. The van der Waals surface area contributed by atoms with Crippen LogP contribution in [0.5, 0.6) is 0 Å². The van der Waals surface area contributed by atoms with E-state index in [0.717, 1.165) is 195 Å². The van der Waals surface area contributed by atoms with E-state index in [1.165, 1.54) is 11.1 Å². The van der Waals surface area contributed by atoms with E-state index in [9.17, 15) is 4.79 Å². The van der Waals surface area contributed by atoms with Crippen LogP contribution in [0.15, 0.2) is 228 Å². The van der Waals surface area contributed by atoms with Gasteiger partial charge in [-0.25, -0.2) is 64.6 Å². The number of halogens is 1. The lowest BCUT2D eigenvalue weighted by atomic mass is 10.1. The number of ether oxygens (including phenoxy) is 1. The topological polar surface area (TPSA) is 449 Å². The van der Waals surface area contributed by atoms with Crippen LogP contribution in [0.2, 0.25) is 5.02 Å². The summed E-state index contributed by atoms with van der Waals surface area (Å²) in [4.78, 5) is 74.7. The Morgan fingerprint density at radius 2 is 0.858 bits per heavy atom. The number of nitrogens with zero attached hydrogens (tertiary/aromatic N) is 31. The molecule has 3 aliphatic rings. The van der Waals surface area contributed by atoms with Crippen LogP contribution >= 0.6 is 23.1 Å². The molecule has 2 fully saturated rings. The van der Waals surface area contributed by atoms with Gasteiger partial charge in [0.05, 0.1) is 121 Å². The molecule has 0 amide bonds. The minimum Gasteiger partial charge on any atom is -0.461 e. The zero-order valence-electron chi connectivity index (χ0n) is 74.3. The Labute approximate surface area is 775 Å². The molecule has 19 aromatic heterocycles. The van der Waals surface area contributed by atoms with Crippen molar-refractivity contribution in [3.05, 3.63) is 256 Å². The molecule has 1 aromatic carbocycles. The molecule has 2 atom stereocenters. The number of nitrogens with two attached hydrogens (primary N) is 2. The van der Waals surface area contributed by atoms with Gasteiger partial charge >= 0.3 is 5.97 Å². The summed E-state index contributed by atoms with van der Waals surface area (Å²) >= 11 is 7.33. The number of fused-ring (bicyclic) bond motifs is 6. The number of benzene rings is 1. The number of esters is 1. The minimum atomic E-state index is -0.558. The fourth-order valence-corrected chi connectivity index (χ4v) is 17.3. The monoisotopic (exact) mass is 1830 g/mol. The molecule has 41 nitrogen and oxygen atoms in total. The number of imidazole rings is 5. The standard InChI is InChI=1S/C21H25N9.C19H21N9.C19H19N7.C16H14ClN7O2S.C16H15N7/c1-22-16-5-8-29(9-6-16)19-4-3-17(12-24-19)27-20-21-25-13-18(30(21)10-7-23-20)15-11-26-28(2)14-15;1-26-11-13(8-24-26)16-10-23-19-18(21-5-7-28(16)19)25-15-2-3-17(22-9-15)27-6-4-14(20)12-27;1-25-11-14(9-23-25)17-10-22-19-18(21-4-5-26(17)19)24-16-7-12-2-3-15(20)6-13(12)8-16;1-3-26-16(25)12-11(17)15(27-22-12)21-13-14-19-7-10(24(14)5-4-18-13)9-6-20-23(2)8-9;1-11-7-13(3-4-17-11)21-15-16-19-9-14(23(16)6-5-18-15)12-8-20-22(2)10-12/h3-4,7,10-14,16,22H,5-6,8-9H2,1-2H3,(H,23,27);2-3,5,7-11,14H,4,6,12,20H2,1H3,(H,21,25);2-6,9-11,16H,7-8,20H2,1H3,(H,21,24);4-8H,3H2,1-2H3,(H,18,21);3-10H,1-2H3,(H,17,18,21)/t;14-;;;/m.0.../s1. The van der Waals surface area contributed by atoms with Crippen LogP contribution in [0, 0.1) is 6.92 Å². The molecule has 2 aliphatic heterocycles. The summed E-state index contributed by atoms with van der Waals surface area (Å²) in [6.45, 7) is 7.78. The zero-order valence-corrected chi connectivity index (χ0v) is 75.9. The molecule has 20 aromatic rings. The van der Waals surface area contributed by atoms with Crippen molar-refractivity contribution in [3.8, 4) is 56.3 Å². The molecule has 23 rings (SSSR count). The lowest BCUT2D eigenvalue weighted by Crippen LogP contribution is -2.41. The van der Waals surface area contributed by atoms with Crippen molar-refractivity contribution in [2.75, 3.05) is 82.0 Å². The van der Waals surface area contributed by atoms with Crippen molar-refractivity contribution in [3.63, 3.8) is 0 Å². The van der Waals surface area contributed by atoms with E-state index in [4.69, 9.17) is 27.8 Å². The number of aryl methyl sites for hydroxylation is 6. The highest BCUT2D eigenvalue weighted by molar-refractivity contribution is 7.11. The van der Waals surface area contributed by atoms with Crippen LogP contribution in [0.3, 0.4) is 0 Å². The van der Waals surface area contributed by atoms with Crippen LogP contribution in [-0.4, -0.2) is 204 Å². The van der Waals surface area contributed by atoms with Gasteiger partial charge in [-0.3, -0.25) is 50.4 Å². The molecule has 0 spiro atoms. The van der Waals surface area contributed by atoms with Crippen molar-refractivity contribution in [2.24, 2.45) is 41.0 Å². The maximum atomic E-state index is 11.9. The average molecular weight is 1830 g/mol. The van der Waals surface area contributed by atoms with E-state index in [0.29, 0.717) is 46.0 Å². The first-order valence-corrected chi connectivity index (χ1v) is 44.4. The van der Waals surface area contributed by atoms with E-state index >= 15 is 0 Å². The summed E-state index contributed by atoms with van der Waals surface area (Å²) < 4.78 is 27.8. The summed E-state index contributed by atoms with van der Waals surface area (Å²) in [5.41, 5.74) is 32.6. The second-order valence-electron chi connectivity index (χ2n) is 32.3. The van der Waals surface area contributed by atoms with Gasteiger partial charge in [-0.05, 0) is 124 Å². The van der Waals surface area contributed by atoms with Gasteiger partial charge in [0.25, 0.3) is 0 Å². The van der Waals surface area contributed by atoms with E-state index in [-0.39, 0.29) is 23.4 Å². The fourth-order valence-electron chi connectivity index (χ4n) is 16.3. The quantitative estimate of drug-likeness (QED) is 0.0259. The first kappa shape index (κ1) is 86.9. The average Bonchev–Trinajstić information content (AvgIpc) is 1.65. The Morgan fingerprint density at radius 3 is 1.25 bits per heavy atom. The molecular formula is C91H94ClN39O2S. The highest BCUT2D eigenvalue weighted by atomic mass is 35.5. The van der Waals surface area contributed by atoms with E-state index in [2.05, 4.69) is 155 Å². The molecule has 43 heteroatoms. The molecule has 0 radical (unpaired) electrons. The highest BCUT2D eigenvalue weighted by Gasteiger charge is 2.28. The number of hydrogen-bond acceptors (Lipinski definition) is 32. The van der Waals surface area contributed by atoms with Crippen LogP contribution in [0.25, 0.3) is 84.5 Å². The smallest absolute Gasteiger partial charge is 0.359 e. The Kier molecular flexibility index (Phi) is 24.8. The zero-order chi connectivity index (χ0) is 92.0. The van der Waals surface area contributed by atoms with Crippen LogP contribution in [-0.2, 0) is 52.8 Å². The van der Waals surface area contributed by atoms with Crippen molar-refractivity contribution >= 4 is 126 Å². The van der Waals surface area contributed by atoms with E-state index < -0.39 is 5.97 Å². The minimum absolute atomic E-state index is 0.0809. The van der Waals surface area contributed by atoms with Gasteiger partial charge in [0, 0.05) is 224 Å². The lowest BCUT2D eigenvalue weighted by molar-refractivity contribution is 0.0521.